The molecule has 2 heterocycles. The van der Waals surface area contributed by atoms with E-state index in [9.17, 15) is 13.5 Å². The third-order valence-electron chi connectivity index (χ3n) is 4.62. The zero-order valence-corrected chi connectivity index (χ0v) is 17.5. The number of halogens is 1. The minimum absolute atomic E-state index is 0.0522. The molecule has 0 unspecified atom stereocenters. The fourth-order valence-corrected chi connectivity index (χ4v) is 4.28. The summed E-state index contributed by atoms with van der Waals surface area (Å²) in [6.07, 6.45) is 7.97. The van der Waals surface area contributed by atoms with Crippen molar-refractivity contribution in [2.45, 2.75) is 37.3 Å². The van der Waals surface area contributed by atoms with Crippen molar-refractivity contribution in [1.29, 1.82) is 0 Å². The van der Waals surface area contributed by atoms with Gasteiger partial charge in [0.25, 0.3) is 0 Å². The van der Waals surface area contributed by atoms with Crippen molar-refractivity contribution in [2.75, 3.05) is 6.54 Å². The molecular formula is C21H24ClN3O3S. The number of hydrogen-bond donors (Lipinski definition) is 2. The molecule has 0 fully saturated rings. The lowest BCUT2D eigenvalue weighted by Gasteiger charge is -2.07. The second-order valence-electron chi connectivity index (χ2n) is 6.76. The topological polar surface area (TPSA) is 84.2 Å². The SMILES string of the molecule is O=S(=O)(NCCc1cc(CO)n(CCCc2cccnc2)c1)c1ccc(Cl)cc1. The molecule has 0 saturated heterocycles. The molecule has 2 aromatic heterocycles. The number of aliphatic hydroxyl groups is 1. The summed E-state index contributed by atoms with van der Waals surface area (Å²) in [7, 11) is -3.57. The molecule has 0 aliphatic carbocycles. The van der Waals surface area contributed by atoms with Gasteiger partial charge in [0.15, 0.2) is 0 Å². The van der Waals surface area contributed by atoms with Crippen LogP contribution in [0.1, 0.15) is 23.2 Å². The van der Waals surface area contributed by atoms with Gasteiger partial charge < -0.3 is 9.67 Å². The van der Waals surface area contributed by atoms with Crippen LogP contribution in [0, 0.1) is 0 Å². The van der Waals surface area contributed by atoms with Crippen LogP contribution in [0.4, 0.5) is 0 Å². The van der Waals surface area contributed by atoms with Crippen LogP contribution in [0.2, 0.25) is 5.02 Å². The second-order valence-corrected chi connectivity index (χ2v) is 8.96. The molecule has 8 heteroatoms. The fourth-order valence-electron chi connectivity index (χ4n) is 3.12. The number of aliphatic hydroxyl groups excluding tert-OH is 1. The van der Waals surface area contributed by atoms with Crippen LogP contribution in [-0.2, 0) is 36.0 Å². The molecule has 0 spiro atoms. The summed E-state index contributed by atoms with van der Waals surface area (Å²) in [5, 5.41) is 10.1. The van der Waals surface area contributed by atoms with E-state index in [1.807, 2.05) is 35.2 Å². The number of aryl methyl sites for hydroxylation is 2. The summed E-state index contributed by atoms with van der Waals surface area (Å²) in [5.74, 6) is 0. The Balaban J connectivity index is 1.54. The van der Waals surface area contributed by atoms with Gasteiger partial charge in [-0.1, -0.05) is 17.7 Å². The van der Waals surface area contributed by atoms with Gasteiger partial charge in [0.2, 0.25) is 10.0 Å². The molecule has 0 aliphatic rings. The van der Waals surface area contributed by atoms with Crippen molar-refractivity contribution in [2.24, 2.45) is 0 Å². The van der Waals surface area contributed by atoms with Crippen molar-refractivity contribution >= 4 is 21.6 Å². The van der Waals surface area contributed by atoms with Gasteiger partial charge in [0, 0.05) is 42.4 Å². The number of benzene rings is 1. The third kappa shape index (κ3) is 6.14. The van der Waals surface area contributed by atoms with E-state index in [1.54, 1.807) is 18.3 Å². The van der Waals surface area contributed by atoms with E-state index in [0.29, 0.717) is 11.4 Å². The first kappa shape index (κ1) is 21.5. The van der Waals surface area contributed by atoms with E-state index in [4.69, 9.17) is 11.6 Å². The molecule has 0 atom stereocenters. The number of aromatic nitrogens is 2. The highest BCUT2D eigenvalue weighted by molar-refractivity contribution is 7.89. The summed E-state index contributed by atoms with van der Waals surface area (Å²) >= 11 is 5.81. The van der Waals surface area contributed by atoms with Crippen LogP contribution in [0.3, 0.4) is 0 Å². The van der Waals surface area contributed by atoms with E-state index >= 15 is 0 Å². The fraction of sp³-hybridized carbons (Fsp3) is 0.286. The number of nitrogens with one attached hydrogen (secondary N) is 1. The van der Waals surface area contributed by atoms with E-state index in [2.05, 4.69) is 9.71 Å². The third-order valence-corrected chi connectivity index (χ3v) is 6.35. The molecule has 154 valence electrons. The lowest BCUT2D eigenvalue weighted by atomic mass is 10.1. The number of nitrogens with zero attached hydrogens (tertiary/aromatic N) is 2. The first-order valence-electron chi connectivity index (χ1n) is 9.41. The number of hydrogen-bond acceptors (Lipinski definition) is 4. The molecule has 0 aliphatic heterocycles. The second kappa shape index (κ2) is 10.0. The minimum Gasteiger partial charge on any atom is -0.390 e. The maximum atomic E-state index is 12.3. The monoisotopic (exact) mass is 433 g/mol. The Morgan fingerprint density at radius 3 is 2.59 bits per heavy atom. The summed E-state index contributed by atoms with van der Waals surface area (Å²) in [6.45, 7) is 1.00. The Bertz CT molecular complexity index is 1020. The van der Waals surface area contributed by atoms with Crippen LogP contribution >= 0.6 is 11.6 Å². The lowest BCUT2D eigenvalue weighted by molar-refractivity contribution is 0.270. The molecule has 6 nitrogen and oxygen atoms in total. The normalized spacial score (nSPS) is 11.7. The van der Waals surface area contributed by atoms with Gasteiger partial charge in [0.1, 0.15) is 0 Å². The van der Waals surface area contributed by atoms with Crippen LogP contribution < -0.4 is 4.72 Å². The molecule has 29 heavy (non-hydrogen) atoms. The number of rotatable bonds is 10. The average molecular weight is 434 g/mol. The summed E-state index contributed by atoms with van der Waals surface area (Å²) in [5.41, 5.74) is 2.99. The zero-order valence-electron chi connectivity index (χ0n) is 16.0. The van der Waals surface area contributed by atoms with Gasteiger partial charge >= 0.3 is 0 Å². The van der Waals surface area contributed by atoms with Crippen molar-refractivity contribution < 1.29 is 13.5 Å². The van der Waals surface area contributed by atoms with Crippen molar-refractivity contribution in [3.05, 3.63) is 82.9 Å². The van der Waals surface area contributed by atoms with Gasteiger partial charge in [-0.25, -0.2) is 13.1 Å². The summed E-state index contributed by atoms with van der Waals surface area (Å²) in [4.78, 5) is 4.30. The average Bonchev–Trinajstić information content (AvgIpc) is 3.11. The molecule has 0 bridgehead atoms. The van der Waals surface area contributed by atoms with Gasteiger partial charge in [-0.2, -0.15) is 0 Å². The minimum atomic E-state index is -3.57. The van der Waals surface area contributed by atoms with Gasteiger partial charge in [-0.15, -0.1) is 0 Å². The molecular weight excluding hydrogens is 410 g/mol. The lowest BCUT2D eigenvalue weighted by Crippen LogP contribution is -2.25. The highest BCUT2D eigenvalue weighted by Gasteiger charge is 2.13. The van der Waals surface area contributed by atoms with E-state index < -0.39 is 10.0 Å². The van der Waals surface area contributed by atoms with Gasteiger partial charge in [-0.3, -0.25) is 4.98 Å². The van der Waals surface area contributed by atoms with Gasteiger partial charge in [-0.05, 0) is 66.8 Å². The maximum Gasteiger partial charge on any atom is 0.240 e. The highest BCUT2D eigenvalue weighted by Crippen LogP contribution is 2.15. The molecule has 0 saturated carbocycles. The van der Waals surface area contributed by atoms with Crippen molar-refractivity contribution in [3.63, 3.8) is 0 Å². The van der Waals surface area contributed by atoms with Gasteiger partial charge in [0.05, 0.1) is 11.5 Å². The number of pyridine rings is 1. The zero-order chi connectivity index (χ0) is 20.7. The first-order valence-corrected chi connectivity index (χ1v) is 11.3. The first-order chi connectivity index (χ1) is 14.0. The standard InChI is InChI=1S/C21H24ClN3O3S/c22-19-5-7-21(8-6-19)29(27,28)24-11-9-18-13-20(16-26)25(15-18)12-2-4-17-3-1-10-23-14-17/h1,3,5-8,10,13-15,24,26H,2,4,9,11-12,16H2. The number of sulfonamides is 1. The Morgan fingerprint density at radius 2 is 1.90 bits per heavy atom. The molecule has 0 amide bonds. The smallest absolute Gasteiger partial charge is 0.240 e. The Morgan fingerprint density at radius 1 is 1.10 bits per heavy atom. The van der Waals surface area contributed by atoms with Crippen molar-refractivity contribution in [3.8, 4) is 0 Å². The highest BCUT2D eigenvalue weighted by atomic mass is 35.5. The van der Waals surface area contributed by atoms with E-state index in [1.165, 1.54) is 17.7 Å². The molecule has 3 rings (SSSR count). The van der Waals surface area contributed by atoms with Crippen LogP contribution in [0.15, 0.2) is 66.0 Å². The molecule has 2 N–H and O–H groups in total. The van der Waals surface area contributed by atoms with E-state index in [-0.39, 0.29) is 18.0 Å². The van der Waals surface area contributed by atoms with Crippen LogP contribution in [0.5, 0.6) is 0 Å². The largest absolute Gasteiger partial charge is 0.390 e. The van der Waals surface area contributed by atoms with Crippen LogP contribution in [0.25, 0.3) is 0 Å². The Labute approximate surface area is 176 Å². The van der Waals surface area contributed by atoms with Crippen molar-refractivity contribution in [1.82, 2.24) is 14.3 Å². The summed E-state index contributed by atoms with van der Waals surface area (Å²) in [6, 6.07) is 12.0. The predicted octanol–water partition coefficient (Wildman–Crippen LogP) is 3.18. The van der Waals surface area contributed by atoms with Crippen LogP contribution in [-0.4, -0.2) is 29.6 Å². The maximum absolute atomic E-state index is 12.3. The Hall–Kier alpha value is -2.19. The van der Waals surface area contributed by atoms with E-state index in [0.717, 1.165) is 30.6 Å². The predicted molar refractivity (Wildman–Crippen MR) is 113 cm³/mol. The molecule has 0 radical (unpaired) electrons. The Kier molecular flexibility index (Phi) is 7.44. The molecule has 3 aromatic rings. The quantitative estimate of drug-likeness (QED) is 0.514. The summed E-state index contributed by atoms with van der Waals surface area (Å²) < 4.78 is 29.3. The molecule has 1 aromatic carbocycles.